The van der Waals surface area contributed by atoms with E-state index in [1.54, 1.807) is 6.92 Å². The summed E-state index contributed by atoms with van der Waals surface area (Å²) in [7, 11) is 0. The predicted octanol–water partition coefficient (Wildman–Crippen LogP) is 0.714. The Labute approximate surface area is 62.2 Å². The Balaban J connectivity index is 3.34. The van der Waals surface area contributed by atoms with E-state index in [-0.39, 0.29) is 0 Å². The number of nitrogens with zero attached hydrogens (tertiary/aromatic N) is 1. The van der Waals surface area contributed by atoms with Gasteiger partial charge in [0.15, 0.2) is 0 Å². The molecule has 0 saturated heterocycles. The van der Waals surface area contributed by atoms with Crippen LogP contribution in [-0.2, 0) is 0 Å². The second-order valence-corrected chi connectivity index (χ2v) is 3.11. The van der Waals surface area contributed by atoms with E-state index in [4.69, 9.17) is 10.3 Å². The molecule has 0 amide bonds. The Morgan fingerprint density at radius 2 is 1.70 bits per heavy atom. The Bertz CT molecular complexity index is 73.7. The van der Waals surface area contributed by atoms with Crippen molar-refractivity contribution in [3.05, 3.63) is 0 Å². The Hall–Kier alpha value is -0.120. The fourth-order valence-corrected chi connectivity index (χ4v) is 0.801. The highest BCUT2D eigenvalue weighted by Crippen LogP contribution is 1.95. The monoisotopic (exact) mass is 147 g/mol. The molecule has 0 aromatic carbocycles. The number of aliphatic hydroxyl groups excluding tert-OH is 1. The van der Waals surface area contributed by atoms with Crippen molar-refractivity contribution in [2.45, 2.75) is 26.9 Å². The van der Waals surface area contributed by atoms with Crippen LogP contribution in [0.2, 0.25) is 0 Å². The highest BCUT2D eigenvalue weighted by molar-refractivity contribution is 4.53. The molecule has 0 rings (SSSR count). The molecule has 0 aliphatic rings. The minimum Gasteiger partial charge on any atom is -0.392 e. The first-order chi connectivity index (χ1) is 4.52. The SMILES string of the molecule is CC(C)CN(O)CC(C)O. The van der Waals surface area contributed by atoms with Crippen molar-refractivity contribution in [2.75, 3.05) is 13.1 Å². The van der Waals surface area contributed by atoms with Gasteiger partial charge in [0.25, 0.3) is 0 Å². The van der Waals surface area contributed by atoms with Crippen LogP contribution in [0.3, 0.4) is 0 Å². The Morgan fingerprint density at radius 3 is 2.00 bits per heavy atom. The molecule has 0 spiro atoms. The summed E-state index contributed by atoms with van der Waals surface area (Å²) in [4.78, 5) is 0. The molecule has 3 nitrogen and oxygen atoms in total. The average Bonchev–Trinajstić information content (AvgIpc) is 1.58. The molecular formula is C7H17NO2. The number of hydroxylamine groups is 2. The largest absolute Gasteiger partial charge is 0.392 e. The molecule has 0 radical (unpaired) electrons. The van der Waals surface area contributed by atoms with E-state index in [2.05, 4.69) is 0 Å². The summed E-state index contributed by atoms with van der Waals surface area (Å²) in [6.45, 7) is 6.64. The zero-order valence-corrected chi connectivity index (χ0v) is 6.91. The van der Waals surface area contributed by atoms with Crippen molar-refractivity contribution in [3.63, 3.8) is 0 Å². The van der Waals surface area contributed by atoms with Gasteiger partial charge in [0.1, 0.15) is 0 Å². The van der Waals surface area contributed by atoms with Crippen molar-refractivity contribution in [1.29, 1.82) is 0 Å². The summed E-state index contributed by atoms with van der Waals surface area (Å²) in [6, 6.07) is 0. The summed E-state index contributed by atoms with van der Waals surface area (Å²) in [5, 5.41) is 19.0. The molecule has 3 heteroatoms. The Morgan fingerprint density at radius 1 is 1.20 bits per heavy atom. The van der Waals surface area contributed by atoms with E-state index in [0.717, 1.165) is 5.06 Å². The third kappa shape index (κ3) is 6.01. The van der Waals surface area contributed by atoms with Crippen LogP contribution in [0, 0.1) is 5.92 Å². The van der Waals surface area contributed by atoms with Crippen LogP contribution in [0.25, 0.3) is 0 Å². The molecule has 10 heavy (non-hydrogen) atoms. The van der Waals surface area contributed by atoms with E-state index in [1.165, 1.54) is 0 Å². The lowest BCUT2D eigenvalue weighted by Gasteiger charge is -2.17. The zero-order chi connectivity index (χ0) is 8.15. The van der Waals surface area contributed by atoms with E-state index in [0.29, 0.717) is 19.0 Å². The summed E-state index contributed by atoms with van der Waals surface area (Å²) in [5.74, 6) is 0.434. The minimum absolute atomic E-state index is 0.332. The summed E-state index contributed by atoms with van der Waals surface area (Å²) in [5.41, 5.74) is 0. The van der Waals surface area contributed by atoms with Gasteiger partial charge in [-0.15, -0.1) is 0 Å². The molecule has 0 aliphatic carbocycles. The van der Waals surface area contributed by atoms with Gasteiger partial charge in [-0.3, -0.25) is 0 Å². The quantitative estimate of drug-likeness (QED) is 0.576. The smallest absolute Gasteiger partial charge is 0.0662 e. The van der Waals surface area contributed by atoms with Gasteiger partial charge < -0.3 is 10.3 Å². The van der Waals surface area contributed by atoms with Gasteiger partial charge in [-0.2, -0.15) is 5.06 Å². The summed E-state index contributed by atoms with van der Waals surface area (Å²) < 4.78 is 0. The molecule has 62 valence electrons. The third-order valence-electron chi connectivity index (χ3n) is 1.05. The molecule has 2 N–H and O–H groups in total. The molecule has 0 aromatic rings. The normalized spacial score (nSPS) is 14.7. The fraction of sp³-hybridized carbons (Fsp3) is 1.00. The van der Waals surface area contributed by atoms with Gasteiger partial charge in [-0.25, -0.2) is 0 Å². The van der Waals surface area contributed by atoms with Crippen molar-refractivity contribution in [3.8, 4) is 0 Å². The van der Waals surface area contributed by atoms with Crippen LogP contribution in [0.15, 0.2) is 0 Å². The zero-order valence-electron chi connectivity index (χ0n) is 6.91. The van der Waals surface area contributed by atoms with E-state index in [9.17, 15) is 0 Å². The molecular weight excluding hydrogens is 130 g/mol. The standard InChI is InChI=1S/C7H17NO2/c1-6(2)4-8(10)5-7(3)9/h6-7,9-10H,4-5H2,1-3H3. The lowest BCUT2D eigenvalue weighted by Crippen LogP contribution is -2.30. The van der Waals surface area contributed by atoms with E-state index < -0.39 is 6.10 Å². The van der Waals surface area contributed by atoms with Crippen molar-refractivity contribution in [2.24, 2.45) is 5.92 Å². The van der Waals surface area contributed by atoms with Gasteiger partial charge in [0.2, 0.25) is 0 Å². The lowest BCUT2D eigenvalue weighted by atomic mass is 10.2. The molecule has 0 aromatic heterocycles. The van der Waals surface area contributed by atoms with E-state index in [1.807, 2.05) is 13.8 Å². The first-order valence-corrected chi connectivity index (χ1v) is 3.64. The van der Waals surface area contributed by atoms with Gasteiger partial charge in [-0.05, 0) is 12.8 Å². The molecule has 0 bridgehead atoms. The van der Waals surface area contributed by atoms with Gasteiger partial charge in [0, 0.05) is 13.1 Å². The second kappa shape index (κ2) is 4.66. The van der Waals surface area contributed by atoms with Crippen LogP contribution in [0.1, 0.15) is 20.8 Å². The predicted molar refractivity (Wildman–Crippen MR) is 39.9 cm³/mol. The summed E-state index contributed by atoms with van der Waals surface area (Å²) >= 11 is 0. The number of rotatable bonds is 4. The minimum atomic E-state index is -0.455. The number of aliphatic hydroxyl groups is 1. The molecule has 0 fully saturated rings. The van der Waals surface area contributed by atoms with Crippen molar-refractivity contribution >= 4 is 0 Å². The van der Waals surface area contributed by atoms with Crippen LogP contribution >= 0.6 is 0 Å². The lowest BCUT2D eigenvalue weighted by molar-refractivity contribution is -0.117. The van der Waals surface area contributed by atoms with Gasteiger partial charge in [-0.1, -0.05) is 13.8 Å². The molecule has 0 saturated carbocycles. The second-order valence-electron chi connectivity index (χ2n) is 3.11. The average molecular weight is 147 g/mol. The van der Waals surface area contributed by atoms with Crippen LogP contribution in [0.5, 0.6) is 0 Å². The van der Waals surface area contributed by atoms with Crippen LogP contribution in [0.4, 0.5) is 0 Å². The maximum atomic E-state index is 9.06. The molecule has 1 atom stereocenters. The van der Waals surface area contributed by atoms with E-state index >= 15 is 0 Å². The van der Waals surface area contributed by atoms with Crippen molar-refractivity contribution < 1.29 is 10.3 Å². The maximum absolute atomic E-state index is 9.06. The molecule has 0 heterocycles. The fourth-order valence-electron chi connectivity index (χ4n) is 0.801. The highest BCUT2D eigenvalue weighted by Gasteiger charge is 2.05. The number of hydrogen-bond donors (Lipinski definition) is 2. The van der Waals surface area contributed by atoms with Crippen LogP contribution < -0.4 is 0 Å². The summed E-state index contributed by atoms with van der Waals surface area (Å²) in [6.07, 6.45) is -0.455. The molecule has 1 unspecified atom stereocenters. The molecule has 0 aliphatic heterocycles. The highest BCUT2D eigenvalue weighted by atomic mass is 16.5. The maximum Gasteiger partial charge on any atom is 0.0662 e. The third-order valence-corrected chi connectivity index (χ3v) is 1.05. The van der Waals surface area contributed by atoms with Crippen molar-refractivity contribution in [1.82, 2.24) is 5.06 Å². The number of hydrogen-bond acceptors (Lipinski definition) is 3. The Kier molecular flexibility index (Phi) is 4.60. The first-order valence-electron chi connectivity index (χ1n) is 3.64. The van der Waals surface area contributed by atoms with Gasteiger partial charge in [0.05, 0.1) is 6.10 Å². The topological polar surface area (TPSA) is 43.7 Å². The first kappa shape index (κ1) is 9.88. The van der Waals surface area contributed by atoms with Gasteiger partial charge >= 0.3 is 0 Å². The van der Waals surface area contributed by atoms with Crippen LogP contribution in [-0.4, -0.2) is 34.6 Å².